The quantitative estimate of drug-likeness (QED) is 0.512. The topological polar surface area (TPSA) is 102 Å². The van der Waals surface area contributed by atoms with Crippen LogP contribution in [0, 0.1) is 17.7 Å². The Balaban J connectivity index is 0.00000136. The van der Waals surface area contributed by atoms with Crippen LogP contribution in [0.4, 0.5) is 5.82 Å². The summed E-state index contributed by atoms with van der Waals surface area (Å²) in [5, 5.41) is 18.8. The SMILES string of the molecule is CC.Cc1ccc2c(c1)C(=O)Nc1cccc(n1)C(=N)N(C=N)C(C)CCO2. The number of hydrogen-bond acceptors (Lipinski definition) is 5. The highest BCUT2D eigenvalue weighted by Crippen LogP contribution is 2.23. The van der Waals surface area contributed by atoms with E-state index in [0.29, 0.717) is 35.9 Å². The van der Waals surface area contributed by atoms with Gasteiger partial charge in [-0.2, -0.15) is 0 Å². The number of carbonyl (C=O) groups excluding carboxylic acids is 1. The molecular formula is C21H27N5O2. The number of hydrogen-bond donors (Lipinski definition) is 3. The lowest BCUT2D eigenvalue weighted by atomic mass is 10.1. The zero-order chi connectivity index (χ0) is 20.7. The number of amides is 1. The summed E-state index contributed by atoms with van der Waals surface area (Å²) < 4.78 is 5.83. The third-order valence-corrected chi connectivity index (χ3v) is 4.28. The van der Waals surface area contributed by atoms with Crippen LogP contribution in [0.15, 0.2) is 36.4 Å². The zero-order valence-corrected chi connectivity index (χ0v) is 16.7. The second-order valence-corrected chi connectivity index (χ2v) is 6.23. The standard InChI is InChI=1S/C19H21N5O2.C2H6/c1-12-6-7-16-14(10-12)19(25)23-17-5-3-4-15(22-17)18(21)24(11-20)13(2)8-9-26-16;1-2/h3-7,10-11,13,20-21H,8-9H2,1-2H3,(H,22,23,25);1-2H3. The third-order valence-electron chi connectivity index (χ3n) is 4.28. The van der Waals surface area contributed by atoms with Gasteiger partial charge in [-0.1, -0.05) is 31.5 Å². The van der Waals surface area contributed by atoms with Crippen LogP contribution in [0.25, 0.3) is 0 Å². The number of pyridine rings is 1. The molecule has 0 saturated carbocycles. The van der Waals surface area contributed by atoms with Gasteiger partial charge in [0, 0.05) is 12.5 Å². The van der Waals surface area contributed by atoms with Crippen LogP contribution in [0.2, 0.25) is 0 Å². The first-order valence-corrected chi connectivity index (χ1v) is 9.39. The molecule has 7 heteroatoms. The molecule has 28 heavy (non-hydrogen) atoms. The van der Waals surface area contributed by atoms with Crippen LogP contribution >= 0.6 is 0 Å². The maximum Gasteiger partial charge on any atom is 0.260 e. The van der Waals surface area contributed by atoms with Crippen LogP contribution < -0.4 is 10.1 Å². The van der Waals surface area contributed by atoms with Gasteiger partial charge in [-0.05, 0) is 38.1 Å². The molecule has 0 fully saturated rings. The van der Waals surface area contributed by atoms with Crippen LogP contribution in [0.5, 0.6) is 5.75 Å². The van der Waals surface area contributed by atoms with Crippen molar-refractivity contribution in [2.75, 3.05) is 11.9 Å². The summed E-state index contributed by atoms with van der Waals surface area (Å²) in [6, 6.07) is 10.4. The van der Waals surface area contributed by atoms with Gasteiger partial charge in [0.15, 0.2) is 5.84 Å². The fourth-order valence-electron chi connectivity index (χ4n) is 2.79. The Bertz CT molecular complexity index is 866. The van der Waals surface area contributed by atoms with E-state index in [9.17, 15) is 4.79 Å². The number of rotatable bonds is 1. The Morgan fingerprint density at radius 2 is 2.04 bits per heavy atom. The van der Waals surface area contributed by atoms with Crippen LogP contribution in [-0.2, 0) is 0 Å². The van der Waals surface area contributed by atoms with Crippen LogP contribution in [0.1, 0.15) is 48.8 Å². The Kier molecular flexibility index (Phi) is 7.26. The van der Waals surface area contributed by atoms with Gasteiger partial charge in [-0.15, -0.1) is 0 Å². The summed E-state index contributed by atoms with van der Waals surface area (Å²) in [5.41, 5.74) is 1.80. The number of ether oxygens (including phenoxy) is 1. The molecule has 2 aromatic rings. The number of amidine groups is 1. The summed E-state index contributed by atoms with van der Waals surface area (Å²) in [6.07, 6.45) is 1.71. The highest BCUT2D eigenvalue weighted by molar-refractivity contribution is 6.06. The Hall–Kier alpha value is -3.22. The average molecular weight is 381 g/mol. The van der Waals surface area contributed by atoms with Gasteiger partial charge in [-0.25, -0.2) is 4.98 Å². The first-order valence-electron chi connectivity index (χ1n) is 9.39. The molecule has 1 aromatic heterocycles. The average Bonchev–Trinajstić information content (AvgIpc) is 2.71. The lowest BCUT2D eigenvalue weighted by Gasteiger charge is -2.26. The molecule has 1 aromatic carbocycles. The first kappa shape index (κ1) is 21.1. The van der Waals surface area contributed by atoms with E-state index in [2.05, 4.69) is 10.3 Å². The molecule has 1 unspecified atom stereocenters. The van der Waals surface area contributed by atoms with E-state index >= 15 is 0 Å². The number of aryl methyl sites for hydroxylation is 1. The number of fused-ring (bicyclic) bond motifs is 3. The highest BCUT2D eigenvalue weighted by Gasteiger charge is 2.21. The second-order valence-electron chi connectivity index (χ2n) is 6.23. The Labute approximate surface area is 165 Å². The van der Waals surface area contributed by atoms with Crippen LogP contribution in [-0.4, -0.2) is 40.6 Å². The number of anilines is 1. The van der Waals surface area contributed by atoms with Gasteiger partial charge < -0.3 is 15.0 Å². The van der Waals surface area contributed by atoms with E-state index in [-0.39, 0.29) is 17.8 Å². The Morgan fingerprint density at radius 3 is 2.75 bits per heavy atom. The molecule has 2 heterocycles. The van der Waals surface area contributed by atoms with Gasteiger partial charge in [0.25, 0.3) is 5.91 Å². The van der Waals surface area contributed by atoms with E-state index in [1.165, 1.54) is 4.90 Å². The van der Waals surface area contributed by atoms with Crippen molar-refractivity contribution < 1.29 is 9.53 Å². The molecule has 1 atom stereocenters. The maximum absolute atomic E-state index is 12.7. The van der Waals surface area contributed by atoms with Gasteiger partial charge in [0.1, 0.15) is 17.3 Å². The molecule has 1 amide bonds. The minimum absolute atomic E-state index is 0.108. The van der Waals surface area contributed by atoms with E-state index < -0.39 is 0 Å². The molecule has 1 aliphatic rings. The molecule has 1 aliphatic heterocycles. The van der Waals surface area contributed by atoms with Crippen molar-refractivity contribution in [3.8, 4) is 5.75 Å². The van der Waals surface area contributed by atoms with Crippen LogP contribution in [0.3, 0.4) is 0 Å². The Morgan fingerprint density at radius 1 is 1.29 bits per heavy atom. The summed E-state index contributed by atoms with van der Waals surface area (Å²) in [5.74, 6) is 0.654. The molecule has 0 radical (unpaired) electrons. The van der Waals surface area contributed by atoms with E-state index in [4.69, 9.17) is 15.6 Å². The minimum atomic E-state index is -0.309. The van der Waals surface area contributed by atoms with Crippen molar-refractivity contribution in [3.05, 3.63) is 53.2 Å². The molecule has 0 saturated heterocycles. The van der Waals surface area contributed by atoms with Crippen molar-refractivity contribution in [2.45, 2.75) is 40.2 Å². The van der Waals surface area contributed by atoms with Crippen molar-refractivity contribution in [1.29, 1.82) is 10.8 Å². The third kappa shape index (κ3) is 4.73. The number of aromatic nitrogens is 1. The van der Waals surface area contributed by atoms with Crippen molar-refractivity contribution in [1.82, 2.24) is 9.88 Å². The molecule has 148 valence electrons. The molecule has 0 aliphatic carbocycles. The predicted octanol–water partition coefficient (Wildman–Crippen LogP) is 4.07. The van der Waals surface area contributed by atoms with Gasteiger partial charge in [0.05, 0.1) is 18.5 Å². The minimum Gasteiger partial charge on any atom is -0.493 e. The lowest BCUT2D eigenvalue weighted by Crippen LogP contribution is -2.38. The van der Waals surface area contributed by atoms with Crippen molar-refractivity contribution in [2.24, 2.45) is 0 Å². The molecule has 2 bridgehead atoms. The normalized spacial score (nSPS) is 16.7. The fourth-order valence-corrected chi connectivity index (χ4v) is 2.79. The van der Waals surface area contributed by atoms with Gasteiger partial charge in [0.2, 0.25) is 0 Å². The van der Waals surface area contributed by atoms with Gasteiger partial charge >= 0.3 is 0 Å². The zero-order valence-electron chi connectivity index (χ0n) is 16.7. The largest absolute Gasteiger partial charge is 0.493 e. The first-order chi connectivity index (χ1) is 13.5. The lowest BCUT2D eigenvalue weighted by molar-refractivity contribution is 0.102. The van der Waals surface area contributed by atoms with E-state index in [1.807, 2.05) is 33.8 Å². The highest BCUT2D eigenvalue weighted by atomic mass is 16.5. The van der Waals surface area contributed by atoms with E-state index in [0.717, 1.165) is 11.9 Å². The fraction of sp³-hybridized carbons (Fsp3) is 0.333. The van der Waals surface area contributed by atoms with Crippen molar-refractivity contribution in [3.63, 3.8) is 0 Å². The number of carbonyl (C=O) groups is 1. The molecule has 3 rings (SSSR count). The summed E-state index contributed by atoms with van der Waals surface area (Å²) in [7, 11) is 0. The molecule has 0 spiro atoms. The number of benzene rings is 1. The van der Waals surface area contributed by atoms with Gasteiger partial charge in [-0.3, -0.25) is 15.6 Å². The summed E-state index contributed by atoms with van der Waals surface area (Å²) in [6.45, 7) is 8.21. The predicted molar refractivity (Wildman–Crippen MR) is 112 cm³/mol. The molecule has 3 N–H and O–H groups in total. The summed E-state index contributed by atoms with van der Waals surface area (Å²) in [4.78, 5) is 18.6. The monoisotopic (exact) mass is 381 g/mol. The van der Waals surface area contributed by atoms with Crippen molar-refractivity contribution >= 4 is 23.9 Å². The number of nitrogens with one attached hydrogen (secondary N) is 3. The van der Waals surface area contributed by atoms with E-state index in [1.54, 1.807) is 30.3 Å². The molecular weight excluding hydrogens is 354 g/mol. The second kappa shape index (κ2) is 9.64. The maximum atomic E-state index is 12.7. The number of nitrogens with zero attached hydrogens (tertiary/aromatic N) is 2. The summed E-state index contributed by atoms with van der Waals surface area (Å²) >= 11 is 0. The molecule has 7 nitrogen and oxygen atoms in total. The smallest absolute Gasteiger partial charge is 0.260 e.